The van der Waals surface area contributed by atoms with Crippen LogP contribution in [-0.2, 0) is 6.42 Å². The topological polar surface area (TPSA) is 85.9 Å². The first-order valence-electron chi connectivity index (χ1n) is 9.31. The number of rotatable bonds is 6. The molecule has 0 unspecified atom stereocenters. The third-order valence-electron chi connectivity index (χ3n) is 4.62. The minimum absolute atomic E-state index is 0.137. The van der Waals surface area contributed by atoms with E-state index in [1.807, 2.05) is 0 Å². The molecule has 0 bridgehead atoms. The van der Waals surface area contributed by atoms with Gasteiger partial charge in [-0.25, -0.2) is 0 Å². The maximum absolute atomic E-state index is 13.0. The summed E-state index contributed by atoms with van der Waals surface area (Å²) in [5.41, 5.74) is 2.33. The highest BCUT2D eigenvalue weighted by molar-refractivity contribution is 6.12. The first-order chi connectivity index (χ1) is 13.3. The Bertz CT molecular complexity index is 988. The van der Waals surface area contributed by atoms with Gasteiger partial charge in [-0.15, -0.1) is 0 Å². The smallest absolute Gasteiger partial charge is 0.257 e. The lowest BCUT2D eigenvalue weighted by Gasteiger charge is -2.13. The number of phenolic OH excluding ortho intramolecular Hbond substituents is 2. The molecule has 6 heteroatoms. The largest absolute Gasteiger partial charge is 0.508 e. The molecule has 0 saturated carbocycles. The molecular weight excluding hydrogens is 356 g/mol. The minimum Gasteiger partial charge on any atom is -0.508 e. The number of carbonyl (C=O) groups excluding carboxylic acids is 1. The van der Waals surface area contributed by atoms with Gasteiger partial charge < -0.3 is 24.8 Å². The summed E-state index contributed by atoms with van der Waals surface area (Å²) in [6.07, 6.45) is 0.559. The molecule has 0 fully saturated rings. The van der Waals surface area contributed by atoms with Gasteiger partial charge in [0.05, 0.1) is 5.56 Å². The lowest BCUT2D eigenvalue weighted by atomic mass is 9.98. The van der Waals surface area contributed by atoms with Crippen molar-refractivity contribution in [2.45, 2.75) is 26.3 Å². The van der Waals surface area contributed by atoms with Gasteiger partial charge >= 0.3 is 0 Å². The van der Waals surface area contributed by atoms with E-state index in [0.29, 0.717) is 52.4 Å². The second-order valence-electron chi connectivity index (χ2n) is 7.35. The van der Waals surface area contributed by atoms with E-state index in [-0.39, 0.29) is 17.4 Å². The number of fused-ring (bicyclic) bond motifs is 1. The van der Waals surface area contributed by atoms with Crippen molar-refractivity contribution in [3.8, 4) is 22.8 Å². The number of hydrogen-bond donors (Lipinski definition) is 3. The van der Waals surface area contributed by atoms with Gasteiger partial charge in [-0.2, -0.15) is 0 Å². The number of benzene rings is 2. The molecule has 2 aromatic carbocycles. The fourth-order valence-corrected chi connectivity index (χ4v) is 3.23. The van der Waals surface area contributed by atoms with Crippen LogP contribution in [0.5, 0.6) is 11.5 Å². The van der Waals surface area contributed by atoms with Crippen molar-refractivity contribution in [2.75, 3.05) is 20.6 Å². The number of nitrogens with one attached hydrogen (secondary N) is 1. The summed E-state index contributed by atoms with van der Waals surface area (Å²) in [7, 11) is 3.37. The molecule has 1 amide bonds. The number of nitrogens with zero attached hydrogens (tertiary/aromatic N) is 1. The first-order valence-corrected chi connectivity index (χ1v) is 9.31. The summed E-state index contributed by atoms with van der Waals surface area (Å²) in [5, 5.41) is 24.1. The van der Waals surface area contributed by atoms with Gasteiger partial charge in [0.15, 0.2) is 0 Å². The Kier molecular flexibility index (Phi) is 5.61. The Morgan fingerprint density at radius 2 is 1.79 bits per heavy atom. The van der Waals surface area contributed by atoms with Crippen LogP contribution in [0.2, 0.25) is 0 Å². The van der Waals surface area contributed by atoms with Gasteiger partial charge in [0, 0.05) is 36.7 Å². The number of phenols is 2. The quantitative estimate of drug-likeness (QED) is 0.604. The Balaban J connectivity index is 2.23. The Labute approximate surface area is 164 Å². The van der Waals surface area contributed by atoms with Crippen molar-refractivity contribution in [1.82, 2.24) is 10.2 Å². The average Bonchev–Trinajstić information content (AvgIpc) is 3.02. The molecule has 0 atom stereocenters. The molecule has 3 rings (SSSR count). The second kappa shape index (κ2) is 7.94. The summed E-state index contributed by atoms with van der Waals surface area (Å²) < 4.78 is 6.06. The lowest BCUT2D eigenvalue weighted by Crippen LogP contribution is -2.25. The van der Waals surface area contributed by atoms with Crippen LogP contribution in [0.1, 0.15) is 29.8 Å². The second-order valence-corrected chi connectivity index (χ2v) is 7.35. The van der Waals surface area contributed by atoms with Crippen LogP contribution in [0.15, 0.2) is 40.8 Å². The highest BCUT2D eigenvalue weighted by Crippen LogP contribution is 2.39. The van der Waals surface area contributed by atoms with Crippen LogP contribution in [0.3, 0.4) is 0 Å². The fraction of sp³-hybridized carbons (Fsp3) is 0.318. The van der Waals surface area contributed by atoms with Crippen LogP contribution in [0.4, 0.5) is 0 Å². The Hall–Kier alpha value is -2.99. The molecule has 1 heterocycles. The summed E-state index contributed by atoms with van der Waals surface area (Å²) in [4.78, 5) is 14.5. The summed E-state index contributed by atoms with van der Waals surface area (Å²) in [6, 6.07) is 10.1. The maximum atomic E-state index is 13.0. The molecule has 0 radical (unpaired) electrons. The predicted molar refractivity (Wildman–Crippen MR) is 110 cm³/mol. The predicted octanol–water partition coefficient (Wildman–Crippen LogP) is 3.75. The van der Waals surface area contributed by atoms with Crippen LogP contribution >= 0.6 is 0 Å². The normalized spacial score (nSPS) is 11.3. The van der Waals surface area contributed by atoms with Gasteiger partial charge in [-0.3, -0.25) is 4.79 Å². The standard InChI is InChI=1S/C22H26N2O4/c1-13(2)23-12-11-16-17(26)9-10-18-19(16)20(22(27)24(3)4)21(28-18)14-5-7-15(25)8-6-14/h5-10,13,23,25-26H,11-12H2,1-4H3. The fourth-order valence-electron chi connectivity index (χ4n) is 3.23. The van der Waals surface area contributed by atoms with Gasteiger partial charge in [-0.05, 0) is 49.4 Å². The monoisotopic (exact) mass is 382 g/mol. The number of furan rings is 1. The van der Waals surface area contributed by atoms with Crippen LogP contribution in [0, 0.1) is 0 Å². The van der Waals surface area contributed by atoms with E-state index in [1.165, 1.54) is 4.90 Å². The highest BCUT2D eigenvalue weighted by atomic mass is 16.3. The van der Waals surface area contributed by atoms with Crippen molar-refractivity contribution >= 4 is 16.9 Å². The Morgan fingerprint density at radius 3 is 2.39 bits per heavy atom. The zero-order chi connectivity index (χ0) is 20.4. The van der Waals surface area contributed by atoms with E-state index in [4.69, 9.17) is 4.42 Å². The van der Waals surface area contributed by atoms with Crippen molar-refractivity contribution in [3.05, 3.63) is 47.5 Å². The van der Waals surface area contributed by atoms with E-state index in [1.54, 1.807) is 50.5 Å². The number of aromatic hydroxyl groups is 2. The van der Waals surface area contributed by atoms with Crippen LogP contribution in [-0.4, -0.2) is 47.7 Å². The average molecular weight is 382 g/mol. The van der Waals surface area contributed by atoms with Gasteiger partial charge in [0.1, 0.15) is 22.8 Å². The minimum atomic E-state index is -0.203. The molecule has 0 saturated heterocycles. The van der Waals surface area contributed by atoms with Crippen LogP contribution in [0.25, 0.3) is 22.3 Å². The van der Waals surface area contributed by atoms with Crippen molar-refractivity contribution in [2.24, 2.45) is 0 Å². The number of carbonyl (C=O) groups is 1. The molecule has 1 aromatic heterocycles. The first kappa shape index (κ1) is 19.8. The van der Waals surface area contributed by atoms with E-state index < -0.39 is 0 Å². The molecule has 0 spiro atoms. The number of amides is 1. The van der Waals surface area contributed by atoms with E-state index in [2.05, 4.69) is 19.2 Å². The summed E-state index contributed by atoms with van der Waals surface area (Å²) >= 11 is 0. The van der Waals surface area contributed by atoms with Gasteiger partial charge in [0.2, 0.25) is 0 Å². The summed E-state index contributed by atoms with van der Waals surface area (Å²) in [6.45, 7) is 4.78. The lowest BCUT2D eigenvalue weighted by molar-refractivity contribution is 0.0829. The van der Waals surface area contributed by atoms with E-state index in [0.717, 1.165) is 0 Å². The van der Waals surface area contributed by atoms with Crippen LogP contribution < -0.4 is 5.32 Å². The highest BCUT2D eigenvalue weighted by Gasteiger charge is 2.26. The Morgan fingerprint density at radius 1 is 1.11 bits per heavy atom. The SMILES string of the molecule is CC(C)NCCc1c(O)ccc2oc(-c3ccc(O)cc3)c(C(=O)N(C)C)c12. The molecule has 6 nitrogen and oxygen atoms in total. The van der Waals surface area contributed by atoms with Gasteiger partial charge in [0.25, 0.3) is 5.91 Å². The van der Waals surface area contributed by atoms with Crippen molar-refractivity contribution in [1.29, 1.82) is 0 Å². The maximum Gasteiger partial charge on any atom is 0.257 e. The molecule has 148 valence electrons. The third kappa shape index (κ3) is 3.82. The molecule has 0 aliphatic heterocycles. The molecular formula is C22H26N2O4. The zero-order valence-electron chi connectivity index (χ0n) is 16.6. The molecule has 3 N–H and O–H groups in total. The molecule has 0 aliphatic rings. The third-order valence-corrected chi connectivity index (χ3v) is 4.62. The molecule has 3 aromatic rings. The van der Waals surface area contributed by atoms with Crippen molar-refractivity contribution in [3.63, 3.8) is 0 Å². The number of hydrogen-bond acceptors (Lipinski definition) is 5. The van der Waals surface area contributed by atoms with Crippen molar-refractivity contribution < 1.29 is 19.4 Å². The zero-order valence-corrected chi connectivity index (χ0v) is 16.6. The van der Waals surface area contributed by atoms with Gasteiger partial charge in [-0.1, -0.05) is 13.8 Å². The summed E-state index contributed by atoms with van der Waals surface area (Å²) in [5.74, 6) is 0.505. The van der Waals surface area contributed by atoms with E-state index in [9.17, 15) is 15.0 Å². The van der Waals surface area contributed by atoms with E-state index >= 15 is 0 Å². The molecule has 0 aliphatic carbocycles. The molecule has 28 heavy (non-hydrogen) atoms.